The van der Waals surface area contributed by atoms with Crippen LogP contribution in [0.5, 0.6) is 0 Å². The van der Waals surface area contributed by atoms with E-state index < -0.39 is 44.7 Å². The molecule has 0 radical (unpaired) electrons. The lowest BCUT2D eigenvalue weighted by Gasteiger charge is -2.07. The molecule has 0 bridgehead atoms. The third-order valence-corrected chi connectivity index (χ3v) is 2.49. The minimum atomic E-state index is -4.88. The summed E-state index contributed by atoms with van der Waals surface area (Å²) in [7, 11) is 1.16. The Morgan fingerprint density at radius 1 is 1.55 bits per heavy atom. The average Bonchev–Trinajstić information content (AvgIpc) is 2.30. The highest BCUT2D eigenvalue weighted by atomic mass is 19.4. The number of ether oxygens (including phenoxy) is 1. The SMILES string of the molecule is C=c1oc(C(F)(F)F)cc(=O)/c1=C(/C(C)OC)[N+](=O)[O-]. The lowest BCUT2D eigenvalue weighted by molar-refractivity contribution is -0.388. The Bertz CT molecular complexity index is 657. The summed E-state index contributed by atoms with van der Waals surface area (Å²) >= 11 is 0. The number of methoxy groups -OCH3 is 1. The van der Waals surface area contributed by atoms with Crippen LogP contribution in [0.15, 0.2) is 15.3 Å². The maximum atomic E-state index is 12.4. The van der Waals surface area contributed by atoms with Crippen molar-refractivity contribution >= 4 is 12.3 Å². The van der Waals surface area contributed by atoms with Gasteiger partial charge < -0.3 is 9.15 Å². The molecule has 1 rings (SSSR count). The number of nitrogens with zero attached hydrogens (tertiary/aromatic N) is 1. The first-order chi connectivity index (χ1) is 9.09. The van der Waals surface area contributed by atoms with Gasteiger partial charge in [-0.1, -0.05) is 6.58 Å². The number of alkyl halides is 3. The quantitative estimate of drug-likeness (QED) is 0.598. The Hall–Kier alpha value is -2.16. The van der Waals surface area contributed by atoms with E-state index in [0.717, 1.165) is 7.11 Å². The van der Waals surface area contributed by atoms with E-state index in [1.807, 2.05) is 0 Å². The predicted molar refractivity (Wildman–Crippen MR) is 61.6 cm³/mol. The number of hydrogen-bond donors (Lipinski definition) is 0. The van der Waals surface area contributed by atoms with Crippen LogP contribution in [0.4, 0.5) is 13.2 Å². The summed E-state index contributed by atoms with van der Waals surface area (Å²) in [6, 6.07) is 0.149. The first kappa shape index (κ1) is 15.9. The molecule has 1 unspecified atom stereocenters. The molecule has 1 aromatic heterocycles. The van der Waals surface area contributed by atoms with Crippen molar-refractivity contribution in [3.63, 3.8) is 0 Å². The molecule has 0 aliphatic carbocycles. The molecule has 0 saturated heterocycles. The second kappa shape index (κ2) is 5.45. The Labute approximate surface area is 109 Å². The van der Waals surface area contributed by atoms with Crippen molar-refractivity contribution in [1.29, 1.82) is 0 Å². The first-order valence-electron chi connectivity index (χ1n) is 5.21. The fourth-order valence-electron chi connectivity index (χ4n) is 1.51. The van der Waals surface area contributed by atoms with E-state index >= 15 is 0 Å². The van der Waals surface area contributed by atoms with Crippen molar-refractivity contribution in [3.05, 3.63) is 42.8 Å². The van der Waals surface area contributed by atoms with E-state index in [4.69, 9.17) is 4.74 Å². The first-order valence-corrected chi connectivity index (χ1v) is 5.21. The van der Waals surface area contributed by atoms with Crippen LogP contribution in [0.3, 0.4) is 0 Å². The normalized spacial score (nSPS) is 14.8. The Morgan fingerprint density at radius 2 is 2.10 bits per heavy atom. The topological polar surface area (TPSA) is 82.6 Å². The molecule has 0 aliphatic rings. The van der Waals surface area contributed by atoms with E-state index in [0.29, 0.717) is 0 Å². The Morgan fingerprint density at radius 3 is 2.45 bits per heavy atom. The fourth-order valence-corrected chi connectivity index (χ4v) is 1.51. The van der Waals surface area contributed by atoms with Crippen LogP contribution in [-0.2, 0) is 10.9 Å². The largest absolute Gasteiger partial charge is 0.452 e. The molecule has 0 aromatic carbocycles. The van der Waals surface area contributed by atoms with E-state index in [1.54, 1.807) is 0 Å². The average molecular weight is 293 g/mol. The fraction of sp³-hybridized carbons (Fsp3) is 0.364. The van der Waals surface area contributed by atoms with Gasteiger partial charge in [-0.2, -0.15) is 13.2 Å². The summed E-state index contributed by atoms with van der Waals surface area (Å²) in [4.78, 5) is 21.7. The summed E-state index contributed by atoms with van der Waals surface area (Å²) in [5.41, 5.74) is -2.65. The molecule has 0 spiro atoms. The van der Waals surface area contributed by atoms with E-state index in [1.165, 1.54) is 6.92 Å². The van der Waals surface area contributed by atoms with Gasteiger partial charge in [0.2, 0.25) is 5.76 Å². The lowest BCUT2D eigenvalue weighted by Crippen LogP contribution is -2.44. The maximum Gasteiger partial charge on any atom is 0.449 e. The Balaban J connectivity index is 3.83. The van der Waals surface area contributed by atoms with Gasteiger partial charge in [-0.25, -0.2) is 0 Å². The van der Waals surface area contributed by atoms with Crippen LogP contribution in [0.1, 0.15) is 12.7 Å². The monoisotopic (exact) mass is 293 g/mol. The standard InChI is InChI=1S/C11H10F3NO5/c1-5-9(10(15(17)18)6(2)19-3)7(16)4-8(20-5)11(12,13)14/h4,6H,1H2,2-3H3/b10-9-. The van der Waals surface area contributed by atoms with Crippen molar-refractivity contribution in [3.8, 4) is 0 Å². The molecule has 1 aromatic rings. The third kappa shape index (κ3) is 3.05. The van der Waals surface area contributed by atoms with Crippen molar-refractivity contribution in [2.45, 2.75) is 19.2 Å². The van der Waals surface area contributed by atoms with Gasteiger partial charge in [-0.3, -0.25) is 14.9 Å². The summed E-state index contributed by atoms with van der Waals surface area (Å²) in [5.74, 6) is -1.57. The molecule has 110 valence electrons. The summed E-state index contributed by atoms with van der Waals surface area (Å²) in [5, 5.41) is 10.3. The second-order valence-corrected chi connectivity index (χ2v) is 3.79. The van der Waals surface area contributed by atoms with E-state index in [2.05, 4.69) is 11.0 Å². The molecular weight excluding hydrogens is 283 g/mol. The van der Waals surface area contributed by atoms with Gasteiger partial charge in [0.15, 0.2) is 5.43 Å². The third-order valence-electron chi connectivity index (χ3n) is 2.49. The van der Waals surface area contributed by atoms with E-state index in [-0.39, 0.29) is 6.07 Å². The molecule has 0 saturated carbocycles. The van der Waals surface area contributed by atoms with Crippen molar-refractivity contribution in [2.24, 2.45) is 0 Å². The second-order valence-electron chi connectivity index (χ2n) is 3.79. The molecule has 0 N–H and O–H groups in total. The molecule has 6 nitrogen and oxygen atoms in total. The van der Waals surface area contributed by atoms with Crippen LogP contribution < -0.4 is 16.1 Å². The highest BCUT2D eigenvalue weighted by Gasteiger charge is 2.35. The van der Waals surface area contributed by atoms with Crippen LogP contribution in [0.2, 0.25) is 0 Å². The molecule has 1 atom stereocenters. The molecule has 0 fully saturated rings. The van der Waals surface area contributed by atoms with Gasteiger partial charge in [0.25, 0.3) is 5.70 Å². The zero-order chi connectivity index (χ0) is 15.7. The Kier molecular flexibility index (Phi) is 4.33. The molecule has 0 amide bonds. The van der Waals surface area contributed by atoms with E-state index in [9.17, 15) is 28.1 Å². The van der Waals surface area contributed by atoms with Gasteiger partial charge in [0.1, 0.15) is 16.7 Å². The maximum absolute atomic E-state index is 12.4. The zero-order valence-electron chi connectivity index (χ0n) is 10.5. The van der Waals surface area contributed by atoms with Gasteiger partial charge in [0.05, 0.1) is 4.92 Å². The minimum Gasteiger partial charge on any atom is -0.452 e. The zero-order valence-corrected chi connectivity index (χ0v) is 10.5. The predicted octanol–water partition coefficient (Wildman–Crippen LogP) is 0.489. The van der Waals surface area contributed by atoms with Crippen molar-refractivity contribution in [1.82, 2.24) is 0 Å². The van der Waals surface area contributed by atoms with Gasteiger partial charge in [0, 0.05) is 13.2 Å². The minimum absolute atomic E-state index is 0.149. The summed E-state index contributed by atoms with van der Waals surface area (Å²) in [6.07, 6.45) is -6.00. The smallest absolute Gasteiger partial charge is 0.449 e. The van der Waals surface area contributed by atoms with Gasteiger partial charge in [-0.15, -0.1) is 0 Å². The highest BCUT2D eigenvalue weighted by molar-refractivity contribution is 5.39. The van der Waals surface area contributed by atoms with Crippen LogP contribution in [0, 0.1) is 10.1 Å². The molecule has 9 heteroatoms. The van der Waals surface area contributed by atoms with Crippen molar-refractivity contribution < 1.29 is 27.2 Å². The van der Waals surface area contributed by atoms with Crippen LogP contribution in [-0.4, -0.2) is 18.1 Å². The van der Waals surface area contributed by atoms with Gasteiger partial charge >= 0.3 is 6.18 Å². The molecular formula is C11H10F3NO5. The summed E-state index contributed by atoms with van der Waals surface area (Å²) < 4.78 is 46.4. The highest BCUT2D eigenvalue weighted by Crippen LogP contribution is 2.26. The molecule has 0 aliphatic heterocycles. The molecule has 1 heterocycles. The number of rotatable bonds is 3. The number of halogens is 3. The number of nitro groups is 1. The van der Waals surface area contributed by atoms with Crippen LogP contribution >= 0.6 is 0 Å². The molecule has 20 heavy (non-hydrogen) atoms. The lowest BCUT2D eigenvalue weighted by atomic mass is 10.2. The number of hydrogen-bond acceptors (Lipinski definition) is 5. The van der Waals surface area contributed by atoms with Gasteiger partial charge in [-0.05, 0) is 6.92 Å². The van der Waals surface area contributed by atoms with Crippen molar-refractivity contribution in [2.75, 3.05) is 7.11 Å². The van der Waals surface area contributed by atoms with Crippen LogP contribution in [0.25, 0.3) is 12.3 Å². The summed E-state index contributed by atoms with van der Waals surface area (Å²) in [6.45, 7) is 4.40.